The molecule has 17 heavy (non-hydrogen) atoms. The number of nitrogens with zero attached hydrogens (tertiary/aromatic N) is 1. The molecule has 0 spiro atoms. The lowest BCUT2D eigenvalue weighted by atomic mass is 10.2. The van der Waals surface area contributed by atoms with Gasteiger partial charge in [0.05, 0.1) is 18.5 Å². The number of carbonyl (C=O) groups excluding carboxylic acids is 1. The maximum atomic E-state index is 11.1. The van der Waals surface area contributed by atoms with E-state index in [0.29, 0.717) is 0 Å². The normalized spacial score (nSPS) is 9.94. The predicted molar refractivity (Wildman–Crippen MR) is 61.7 cm³/mol. The molecule has 2 rings (SSSR count). The Morgan fingerprint density at radius 1 is 1.35 bits per heavy atom. The fourth-order valence-electron chi connectivity index (χ4n) is 1.35. The average Bonchev–Trinajstić information content (AvgIpc) is 2.79. The minimum Gasteiger partial charge on any atom is -0.434 e. The Morgan fingerprint density at radius 2 is 2.12 bits per heavy atom. The van der Waals surface area contributed by atoms with E-state index in [0.717, 1.165) is 11.3 Å². The lowest BCUT2D eigenvalue weighted by Gasteiger charge is -1.99. The van der Waals surface area contributed by atoms with Gasteiger partial charge in [-0.05, 0) is 12.5 Å². The molecule has 5 heteroatoms. The second kappa shape index (κ2) is 5.16. The van der Waals surface area contributed by atoms with Gasteiger partial charge in [0.2, 0.25) is 0 Å². The molecule has 0 aliphatic carbocycles. The highest BCUT2D eigenvalue weighted by Crippen LogP contribution is 2.18. The summed E-state index contributed by atoms with van der Waals surface area (Å²) in [6.45, 7) is 1.98. The van der Waals surface area contributed by atoms with Crippen molar-refractivity contribution in [1.82, 2.24) is 9.97 Å². The van der Waals surface area contributed by atoms with Crippen LogP contribution in [0.4, 0.5) is 4.79 Å². The van der Waals surface area contributed by atoms with Crippen molar-refractivity contribution in [2.24, 2.45) is 0 Å². The molecule has 0 fully saturated rings. The number of hydrogen-bond donors (Lipinski definition) is 1. The summed E-state index contributed by atoms with van der Waals surface area (Å²) >= 11 is 0. The van der Waals surface area contributed by atoms with Crippen LogP contribution in [0.25, 0.3) is 11.3 Å². The minimum absolute atomic E-state index is 0.127. The Kier molecular flexibility index (Phi) is 3.40. The van der Waals surface area contributed by atoms with Crippen molar-refractivity contribution >= 4 is 6.16 Å². The minimum atomic E-state index is -0.763. The molecule has 0 saturated carbocycles. The van der Waals surface area contributed by atoms with E-state index in [1.165, 1.54) is 0 Å². The fourth-order valence-corrected chi connectivity index (χ4v) is 1.35. The van der Waals surface area contributed by atoms with Crippen LogP contribution in [0.15, 0.2) is 36.5 Å². The second-order valence-corrected chi connectivity index (χ2v) is 3.25. The van der Waals surface area contributed by atoms with Crippen molar-refractivity contribution in [2.75, 3.05) is 6.61 Å². The molecule has 0 radical (unpaired) electrons. The van der Waals surface area contributed by atoms with Gasteiger partial charge in [0.25, 0.3) is 0 Å². The van der Waals surface area contributed by atoms with Gasteiger partial charge < -0.3 is 14.5 Å². The Labute approximate surface area is 98.4 Å². The summed E-state index contributed by atoms with van der Waals surface area (Å²) < 4.78 is 9.47. The topological polar surface area (TPSA) is 64.2 Å². The first kappa shape index (κ1) is 11.2. The molecule has 88 valence electrons. The first-order valence-electron chi connectivity index (χ1n) is 5.24. The van der Waals surface area contributed by atoms with Crippen molar-refractivity contribution in [2.45, 2.75) is 6.92 Å². The van der Waals surface area contributed by atoms with Crippen LogP contribution in [-0.4, -0.2) is 22.7 Å². The van der Waals surface area contributed by atoms with Crippen LogP contribution in [0.2, 0.25) is 0 Å². The Bertz CT molecular complexity index is 493. The van der Waals surface area contributed by atoms with E-state index >= 15 is 0 Å². The molecule has 0 unspecified atom stereocenters. The standard InChI is InChI=1S/C12H12N2O3/c1-2-16-12(15)17-11-13-8-10(14-11)9-6-4-3-5-7-9/h3-8H,2H2,1H3,(H,13,14). The third-order valence-corrected chi connectivity index (χ3v) is 2.08. The highest BCUT2D eigenvalue weighted by molar-refractivity contribution is 5.64. The van der Waals surface area contributed by atoms with E-state index in [-0.39, 0.29) is 12.6 Å². The first-order valence-corrected chi connectivity index (χ1v) is 5.24. The van der Waals surface area contributed by atoms with Gasteiger partial charge in [-0.25, -0.2) is 9.78 Å². The van der Waals surface area contributed by atoms with E-state index in [2.05, 4.69) is 14.7 Å². The van der Waals surface area contributed by atoms with Crippen LogP contribution >= 0.6 is 0 Å². The van der Waals surface area contributed by atoms with Crippen LogP contribution in [0.5, 0.6) is 6.01 Å². The number of carbonyl (C=O) groups is 1. The van der Waals surface area contributed by atoms with Crippen LogP contribution < -0.4 is 4.74 Å². The number of aromatic amines is 1. The molecule has 2 aromatic rings. The van der Waals surface area contributed by atoms with Crippen molar-refractivity contribution in [3.8, 4) is 17.3 Å². The van der Waals surface area contributed by atoms with Crippen LogP contribution in [0.3, 0.4) is 0 Å². The van der Waals surface area contributed by atoms with Gasteiger partial charge in [-0.2, -0.15) is 0 Å². The van der Waals surface area contributed by atoms with Crippen LogP contribution in [0, 0.1) is 0 Å². The highest BCUT2D eigenvalue weighted by atomic mass is 16.7. The molecule has 1 aromatic heterocycles. The van der Waals surface area contributed by atoms with Crippen molar-refractivity contribution in [3.63, 3.8) is 0 Å². The van der Waals surface area contributed by atoms with Crippen molar-refractivity contribution in [1.29, 1.82) is 0 Å². The second-order valence-electron chi connectivity index (χ2n) is 3.25. The number of hydrogen-bond acceptors (Lipinski definition) is 4. The molecule has 0 aliphatic rings. The van der Waals surface area contributed by atoms with Crippen LogP contribution in [0.1, 0.15) is 6.92 Å². The van der Waals surface area contributed by atoms with Crippen molar-refractivity contribution < 1.29 is 14.3 Å². The quantitative estimate of drug-likeness (QED) is 0.826. The van der Waals surface area contributed by atoms with Gasteiger partial charge in [0.15, 0.2) is 0 Å². The Hall–Kier alpha value is -2.30. The maximum Gasteiger partial charge on any atom is 0.516 e. The number of ether oxygens (including phenoxy) is 2. The van der Waals surface area contributed by atoms with Crippen molar-refractivity contribution in [3.05, 3.63) is 36.5 Å². The van der Waals surface area contributed by atoms with Gasteiger partial charge in [-0.3, -0.25) is 0 Å². The van der Waals surface area contributed by atoms with E-state index in [9.17, 15) is 4.79 Å². The average molecular weight is 232 g/mol. The van der Waals surface area contributed by atoms with E-state index in [1.54, 1.807) is 13.1 Å². The molecule has 0 atom stereocenters. The summed E-state index contributed by atoms with van der Waals surface area (Å²) in [5.41, 5.74) is 1.75. The molecule has 0 bridgehead atoms. The molecule has 1 N–H and O–H groups in total. The molecule has 0 aliphatic heterocycles. The van der Waals surface area contributed by atoms with Gasteiger partial charge in [0, 0.05) is 0 Å². The van der Waals surface area contributed by atoms with Gasteiger partial charge in [0.1, 0.15) is 0 Å². The van der Waals surface area contributed by atoms with Crippen LogP contribution in [-0.2, 0) is 4.74 Å². The van der Waals surface area contributed by atoms with E-state index in [1.807, 2.05) is 30.3 Å². The predicted octanol–water partition coefficient (Wildman–Crippen LogP) is 2.61. The molecule has 1 heterocycles. The third-order valence-electron chi connectivity index (χ3n) is 2.08. The van der Waals surface area contributed by atoms with E-state index < -0.39 is 6.16 Å². The number of rotatable bonds is 3. The Morgan fingerprint density at radius 3 is 2.82 bits per heavy atom. The molecular formula is C12H12N2O3. The summed E-state index contributed by atoms with van der Waals surface area (Å²) in [5.74, 6) is 0. The summed E-state index contributed by atoms with van der Waals surface area (Å²) in [6.07, 6.45) is 0.839. The number of nitrogens with one attached hydrogen (secondary N) is 1. The zero-order chi connectivity index (χ0) is 12.1. The smallest absolute Gasteiger partial charge is 0.434 e. The SMILES string of the molecule is CCOC(=O)Oc1ncc(-c2ccccc2)[nH]1. The number of H-pyrrole nitrogens is 1. The van der Waals surface area contributed by atoms with Gasteiger partial charge in [-0.15, -0.1) is 0 Å². The summed E-state index contributed by atoms with van der Waals surface area (Å²) in [6, 6.07) is 9.76. The first-order chi connectivity index (χ1) is 8.29. The molecular weight excluding hydrogens is 220 g/mol. The zero-order valence-electron chi connectivity index (χ0n) is 9.34. The largest absolute Gasteiger partial charge is 0.516 e. The van der Waals surface area contributed by atoms with E-state index in [4.69, 9.17) is 4.74 Å². The molecule has 0 saturated heterocycles. The fraction of sp³-hybridized carbons (Fsp3) is 0.167. The maximum absolute atomic E-state index is 11.1. The summed E-state index contributed by atoms with van der Waals surface area (Å²) in [7, 11) is 0. The molecule has 1 aromatic carbocycles. The molecule has 0 amide bonds. The number of benzene rings is 1. The Balaban J connectivity index is 2.09. The highest BCUT2D eigenvalue weighted by Gasteiger charge is 2.09. The third kappa shape index (κ3) is 2.84. The van der Waals surface area contributed by atoms with Gasteiger partial charge >= 0.3 is 12.2 Å². The summed E-state index contributed by atoms with van der Waals surface area (Å²) in [5, 5.41) is 0. The zero-order valence-corrected chi connectivity index (χ0v) is 9.34. The number of aromatic nitrogens is 2. The lowest BCUT2D eigenvalue weighted by Crippen LogP contribution is -2.10. The molecule has 5 nitrogen and oxygen atoms in total. The summed E-state index contributed by atoms with van der Waals surface area (Å²) in [4.78, 5) is 17.9. The van der Waals surface area contributed by atoms with Gasteiger partial charge in [-0.1, -0.05) is 30.3 Å². The number of imidazole rings is 1. The lowest BCUT2D eigenvalue weighted by molar-refractivity contribution is 0.101. The monoisotopic (exact) mass is 232 g/mol.